The fourth-order valence-corrected chi connectivity index (χ4v) is 7.41. The van der Waals surface area contributed by atoms with E-state index in [4.69, 9.17) is 4.74 Å². The van der Waals surface area contributed by atoms with E-state index in [9.17, 15) is 24.6 Å². The van der Waals surface area contributed by atoms with E-state index in [1.165, 1.54) is 121 Å². The molecule has 282 valence electrons. The van der Waals surface area contributed by atoms with E-state index >= 15 is 0 Å². The first-order valence-corrected chi connectivity index (χ1v) is 20.6. The van der Waals surface area contributed by atoms with Crippen molar-refractivity contribution in [3.8, 4) is 0 Å². The molecule has 0 saturated heterocycles. The second kappa shape index (κ2) is 28.3. The lowest BCUT2D eigenvalue weighted by molar-refractivity contribution is -0.0704. The highest BCUT2D eigenvalue weighted by molar-refractivity contribution is 6.04. The van der Waals surface area contributed by atoms with Crippen LogP contribution in [0, 0.1) is 5.92 Å². The van der Waals surface area contributed by atoms with Crippen LogP contribution in [-0.2, 0) is 4.74 Å². The molecule has 1 aromatic carbocycles. The maximum atomic E-state index is 14.2. The lowest BCUT2D eigenvalue weighted by Crippen LogP contribution is -2.43. The number of aromatic carboxylic acids is 2. The molecule has 0 radical (unpaired) electrons. The Kier molecular flexibility index (Phi) is 25.8. The standard InChI is InChI=1S/C43H74O6/c1-5-9-13-17-21-25-29-37(30-26-22-18-14-10-6-2)43(33-27-23-19-15-11-7-3,34-28-24-20-16-12-8-4)49-42(48)39-35-36(40(44)45)31-32-38(39)41(46)47/h31-32,35,37H,5-30,33-34H2,1-4H3,(H,44,45)(H,46,47). The van der Waals surface area contributed by atoms with Gasteiger partial charge in [0, 0.05) is 0 Å². The normalized spacial score (nSPS) is 11.7. The van der Waals surface area contributed by atoms with E-state index < -0.39 is 23.5 Å². The van der Waals surface area contributed by atoms with Crippen molar-refractivity contribution in [3.63, 3.8) is 0 Å². The van der Waals surface area contributed by atoms with Crippen LogP contribution in [0.2, 0.25) is 0 Å². The lowest BCUT2D eigenvalue weighted by Gasteiger charge is -2.41. The molecule has 0 aromatic heterocycles. The molecule has 0 aliphatic heterocycles. The summed E-state index contributed by atoms with van der Waals surface area (Å²) in [5, 5.41) is 19.7. The third-order valence-corrected chi connectivity index (χ3v) is 10.5. The number of hydrogen-bond acceptors (Lipinski definition) is 4. The number of rotatable bonds is 33. The second-order valence-corrected chi connectivity index (χ2v) is 14.7. The fraction of sp³-hybridized carbons (Fsp3) is 0.791. The summed E-state index contributed by atoms with van der Waals surface area (Å²) in [6.07, 6.45) is 31.8. The molecular weight excluding hydrogens is 612 g/mol. The van der Waals surface area contributed by atoms with Crippen LogP contribution >= 0.6 is 0 Å². The average Bonchev–Trinajstić information content (AvgIpc) is 3.09. The van der Waals surface area contributed by atoms with Gasteiger partial charge in [-0.05, 0) is 62.6 Å². The molecule has 2 N–H and O–H groups in total. The Balaban J connectivity index is 3.53. The highest BCUT2D eigenvalue weighted by Gasteiger charge is 2.41. The van der Waals surface area contributed by atoms with Gasteiger partial charge in [0.05, 0.1) is 16.7 Å². The van der Waals surface area contributed by atoms with E-state index in [-0.39, 0.29) is 22.6 Å². The van der Waals surface area contributed by atoms with Gasteiger partial charge in [-0.2, -0.15) is 0 Å². The van der Waals surface area contributed by atoms with Gasteiger partial charge >= 0.3 is 17.9 Å². The minimum absolute atomic E-state index is 0.106. The number of unbranched alkanes of at least 4 members (excludes halogenated alkanes) is 20. The molecule has 0 bridgehead atoms. The van der Waals surface area contributed by atoms with Crippen LogP contribution in [0.4, 0.5) is 0 Å². The maximum Gasteiger partial charge on any atom is 0.339 e. The fourth-order valence-electron chi connectivity index (χ4n) is 7.41. The first kappa shape index (κ1) is 44.7. The van der Waals surface area contributed by atoms with Crippen LogP contribution in [0.3, 0.4) is 0 Å². The Morgan fingerprint density at radius 1 is 0.531 bits per heavy atom. The number of esters is 1. The zero-order valence-electron chi connectivity index (χ0n) is 32.1. The van der Waals surface area contributed by atoms with Gasteiger partial charge in [0.1, 0.15) is 5.60 Å². The summed E-state index contributed by atoms with van der Waals surface area (Å²) >= 11 is 0. The van der Waals surface area contributed by atoms with Gasteiger partial charge in [0.2, 0.25) is 0 Å². The highest BCUT2D eigenvalue weighted by Crippen LogP contribution is 2.41. The van der Waals surface area contributed by atoms with E-state index in [1.54, 1.807) is 0 Å². The molecule has 6 heteroatoms. The second-order valence-electron chi connectivity index (χ2n) is 14.7. The molecule has 1 rings (SSSR count). The summed E-state index contributed by atoms with van der Waals surface area (Å²) in [6, 6.07) is 3.68. The van der Waals surface area contributed by atoms with Crippen molar-refractivity contribution in [2.75, 3.05) is 0 Å². The Hall–Kier alpha value is -2.37. The summed E-state index contributed by atoms with van der Waals surface area (Å²) in [6.45, 7) is 8.94. The molecule has 0 aliphatic carbocycles. The quantitative estimate of drug-likeness (QED) is 0.0564. The van der Waals surface area contributed by atoms with Crippen molar-refractivity contribution in [1.82, 2.24) is 0 Å². The van der Waals surface area contributed by atoms with Crippen molar-refractivity contribution >= 4 is 17.9 Å². The Morgan fingerprint density at radius 2 is 0.918 bits per heavy atom. The Morgan fingerprint density at radius 3 is 1.31 bits per heavy atom. The predicted octanol–water partition coefficient (Wildman–Crippen LogP) is 13.6. The van der Waals surface area contributed by atoms with Crippen molar-refractivity contribution in [2.24, 2.45) is 5.92 Å². The highest BCUT2D eigenvalue weighted by atomic mass is 16.6. The number of benzene rings is 1. The molecule has 0 atom stereocenters. The molecule has 1 aromatic rings. The number of carboxylic acid groups (broad SMARTS) is 2. The van der Waals surface area contributed by atoms with Crippen LogP contribution < -0.4 is 0 Å². The van der Waals surface area contributed by atoms with Gasteiger partial charge in [-0.25, -0.2) is 14.4 Å². The summed E-state index contributed by atoms with van der Waals surface area (Å²) in [7, 11) is 0. The molecule has 0 amide bonds. The zero-order valence-corrected chi connectivity index (χ0v) is 32.1. The first-order valence-electron chi connectivity index (χ1n) is 20.6. The maximum absolute atomic E-state index is 14.2. The van der Waals surface area contributed by atoms with Crippen LogP contribution in [0.5, 0.6) is 0 Å². The van der Waals surface area contributed by atoms with Crippen LogP contribution in [-0.4, -0.2) is 33.7 Å². The lowest BCUT2D eigenvalue weighted by atomic mass is 9.73. The third-order valence-electron chi connectivity index (χ3n) is 10.5. The minimum Gasteiger partial charge on any atom is -0.478 e. The molecular formula is C43H74O6. The smallest absolute Gasteiger partial charge is 0.339 e. The molecule has 0 saturated carbocycles. The molecule has 0 fully saturated rings. The van der Waals surface area contributed by atoms with Crippen LogP contribution in [0.1, 0.15) is 239 Å². The van der Waals surface area contributed by atoms with Gasteiger partial charge in [0.25, 0.3) is 0 Å². The third kappa shape index (κ3) is 19.0. The largest absolute Gasteiger partial charge is 0.478 e. The first-order chi connectivity index (χ1) is 23.8. The molecule has 0 spiro atoms. The monoisotopic (exact) mass is 687 g/mol. The van der Waals surface area contributed by atoms with Crippen LogP contribution in [0.25, 0.3) is 0 Å². The van der Waals surface area contributed by atoms with Gasteiger partial charge in [-0.15, -0.1) is 0 Å². The van der Waals surface area contributed by atoms with E-state index in [0.29, 0.717) is 0 Å². The zero-order chi connectivity index (χ0) is 36.2. The van der Waals surface area contributed by atoms with Crippen LogP contribution in [0.15, 0.2) is 18.2 Å². The minimum atomic E-state index is -1.25. The SMILES string of the molecule is CCCCCCCCC(CCCCCCCC)C(CCCCCCCC)(CCCCCCCC)OC(=O)c1cc(C(=O)O)ccc1C(=O)O. The van der Waals surface area contributed by atoms with E-state index in [2.05, 4.69) is 27.7 Å². The van der Waals surface area contributed by atoms with E-state index in [1.807, 2.05) is 0 Å². The number of ether oxygens (including phenoxy) is 1. The summed E-state index contributed by atoms with van der Waals surface area (Å²) in [4.78, 5) is 38.4. The van der Waals surface area contributed by atoms with Gasteiger partial charge in [-0.1, -0.05) is 169 Å². The number of carboxylic acids is 2. The average molecular weight is 687 g/mol. The molecule has 6 nitrogen and oxygen atoms in total. The van der Waals surface area contributed by atoms with Crippen molar-refractivity contribution in [2.45, 2.75) is 213 Å². The van der Waals surface area contributed by atoms with Crippen molar-refractivity contribution < 1.29 is 29.3 Å². The van der Waals surface area contributed by atoms with Gasteiger partial charge < -0.3 is 14.9 Å². The summed E-state index contributed by atoms with van der Waals surface area (Å²) < 4.78 is 6.76. The summed E-state index contributed by atoms with van der Waals surface area (Å²) in [5.41, 5.74) is -1.16. The Labute approximate surface area is 300 Å². The predicted molar refractivity (Wildman–Crippen MR) is 204 cm³/mol. The number of carbonyl (C=O) groups is 3. The van der Waals surface area contributed by atoms with E-state index in [0.717, 1.165) is 77.0 Å². The van der Waals surface area contributed by atoms with Gasteiger partial charge in [-0.3, -0.25) is 0 Å². The van der Waals surface area contributed by atoms with Crippen molar-refractivity contribution in [3.05, 3.63) is 34.9 Å². The number of carbonyl (C=O) groups excluding carboxylic acids is 1. The summed E-state index contributed by atoms with van der Waals surface area (Å²) in [5.74, 6) is -2.94. The molecule has 0 unspecified atom stereocenters. The molecule has 49 heavy (non-hydrogen) atoms. The molecule has 0 aliphatic rings. The topological polar surface area (TPSA) is 101 Å². The molecule has 0 heterocycles. The Bertz CT molecular complexity index is 986. The van der Waals surface area contributed by atoms with Gasteiger partial charge in [0.15, 0.2) is 0 Å². The van der Waals surface area contributed by atoms with Crippen molar-refractivity contribution in [1.29, 1.82) is 0 Å². The number of hydrogen-bond donors (Lipinski definition) is 2.